The largest absolute Gasteiger partial charge is 0.484 e. The monoisotopic (exact) mass is 446 g/mol. The number of methoxy groups -OCH3 is 1. The predicted molar refractivity (Wildman–Crippen MR) is 117 cm³/mol. The molecule has 2 rings (SSSR count). The Morgan fingerprint density at radius 2 is 1.94 bits per heavy atom. The van der Waals surface area contributed by atoms with Crippen molar-refractivity contribution in [2.24, 2.45) is 5.10 Å². The lowest BCUT2D eigenvalue weighted by atomic mass is 10.2. The molecule has 9 nitrogen and oxygen atoms in total. The third kappa shape index (κ3) is 8.45. The molecule has 2 aromatic carbocycles. The number of nitrogens with one attached hydrogen (secondary N) is 3. The minimum Gasteiger partial charge on any atom is -0.484 e. The molecule has 0 aliphatic carbocycles. The van der Waals surface area contributed by atoms with Crippen molar-refractivity contribution in [3.8, 4) is 5.75 Å². The summed E-state index contributed by atoms with van der Waals surface area (Å²) in [6.45, 7) is 2.17. The van der Waals surface area contributed by atoms with Crippen LogP contribution in [-0.2, 0) is 19.1 Å². The summed E-state index contributed by atoms with van der Waals surface area (Å²) >= 11 is 5.95. The van der Waals surface area contributed by atoms with Gasteiger partial charge in [-0.15, -0.1) is 0 Å². The minimum atomic E-state index is -0.896. The van der Waals surface area contributed by atoms with E-state index in [-0.39, 0.29) is 19.1 Å². The molecule has 31 heavy (non-hydrogen) atoms. The van der Waals surface area contributed by atoms with Crippen molar-refractivity contribution in [3.63, 3.8) is 0 Å². The summed E-state index contributed by atoms with van der Waals surface area (Å²) < 4.78 is 10.3. The zero-order valence-electron chi connectivity index (χ0n) is 17.1. The molecule has 0 saturated carbocycles. The van der Waals surface area contributed by atoms with Crippen LogP contribution < -0.4 is 20.8 Å². The highest BCUT2D eigenvalue weighted by atomic mass is 35.5. The van der Waals surface area contributed by atoms with Gasteiger partial charge in [-0.05, 0) is 42.3 Å². The minimum absolute atomic E-state index is 0.203. The molecule has 0 aromatic heterocycles. The van der Waals surface area contributed by atoms with E-state index < -0.39 is 11.8 Å². The number of hydrazone groups is 1. The van der Waals surface area contributed by atoms with Crippen molar-refractivity contribution in [2.75, 3.05) is 32.2 Å². The number of ether oxygens (including phenoxy) is 2. The highest BCUT2D eigenvalue weighted by Crippen LogP contribution is 2.20. The number of halogens is 1. The molecule has 3 N–H and O–H groups in total. The average molecular weight is 447 g/mol. The average Bonchev–Trinajstić information content (AvgIpc) is 2.75. The molecule has 0 unspecified atom stereocenters. The summed E-state index contributed by atoms with van der Waals surface area (Å²) in [7, 11) is 1.49. The second-order valence-corrected chi connectivity index (χ2v) is 6.75. The molecular weight excluding hydrogens is 424 g/mol. The molecule has 0 atom stereocenters. The lowest BCUT2D eigenvalue weighted by Crippen LogP contribution is -2.39. The van der Waals surface area contributed by atoms with E-state index in [1.807, 2.05) is 13.0 Å². The second kappa shape index (κ2) is 12.3. The second-order valence-electron chi connectivity index (χ2n) is 6.32. The maximum absolute atomic E-state index is 12.1. The highest BCUT2D eigenvalue weighted by molar-refractivity contribution is 6.35. The first-order valence-electron chi connectivity index (χ1n) is 9.28. The lowest BCUT2D eigenvalue weighted by molar-refractivity contribution is -0.139. The Morgan fingerprint density at radius 3 is 2.71 bits per heavy atom. The lowest BCUT2D eigenvalue weighted by Gasteiger charge is -2.10. The fourth-order valence-electron chi connectivity index (χ4n) is 2.31. The maximum atomic E-state index is 12.1. The molecule has 0 aliphatic rings. The smallest absolute Gasteiger partial charge is 0.329 e. The fraction of sp³-hybridized carbons (Fsp3) is 0.238. The molecule has 0 bridgehead atoms. The van der Waals surface area contributed by atoms with Crippen molar-refractivity contribution >= 4 is 41.2 Å². The molecule has 0 spiro atoms. The first-order valence-corrected chi connectivity index (χ1v) is 9.66. The highest BCUT2D eigenvalue weighted by Gasteiger charge is 2.11. The van der Waals surface area contributed by atoms with E-state index in [0.29, 0.717) is 28.6 Å². The van der Waals surface area contributed by atoms with E-state index >= 15 is 0 Å². The summed E-state index contributed by atoms with van der Waals surface area (Å²) in [5, 5.41) is 9.38. The van der Waals surface area contributed by atoms with Crippen molar-refractivity contribution < 1.29 is 23.9 Å². The van der Waals surface area contributed by atoms with Crippen LogP contribution >= 0.6 is 11.6 Å². The van der Waals surface area contributed by atoms with Gasteiger partial charge in [0.25, 0.3) is 5.91 Å². The van der Waals surface area contributed by atoms with Crippen molar-refractivity contribution in [1.29, 1.82) is 0 Å². The molecule has 2 aromatic rings. The van der Waals surface area contributed by atoms with Crippen LogP contribution in [0.4, 0.5) is 5.69 Å². The van der Waals surface area contributed by atoms with Gasteiger partial charge >= 0.3 is 11.8 Å². The van der Waals surface area contributed by atoms with Crippen LogP contribution in [0.2, 0.25) is 5.02 Å². The predicted octanol–water partition coefficient (Wildman–Crippen LogP) is 1.88. The number of carbonyl (C=O) groups excluding carboxylic acids is 3. The fourth-order valence-corrected chi connectivity index (χ4v) is 2.48. The number of hydrogen-bond donors (Lipinski definition) is 3. The van der Waals surface area contributed by atoms with E-state index in [9.17, 15) is 14.4 Å². The van der Waals surface area contributed by atoms with Crippen molar-refractivity contribution in [3.05, 3.63) is 58.6 Å². The van der Waals surface area contributed by atoms with Gasteiger partial charge in [-0.3, -0.25) is 14.4 Å². The van der Waals surface area contributed by atoms with Crippen LogP contribution in [0.15, 0.2) is 47.6 Å². The van der Waals surface area contributed by atoms with Crippen LogP contribution in [-0.4, -0.2) is 50.8 Å². The van der Waals surface area contributed by atoms with Gasteiger partial charge in [-0.2, -0.15) is 5.10 Å². The molecule has 0 fully saturated rings. The third-order valence-electron chi connectivity index (χ3n) is 3.88. The van der Waals surface area contributed by atoms with Crippen LogP contribution in [0.25, 0.3) is 0 Å². The van der Waals surface area contributed by atoms with Gasteiger partial charge in [-0.25, -0.2) is 5.43 Å². The third-order valence-corrected chi connectivity index (χ3v) is 4.11. The van der Waals surface area contributed by atoms with Gasteiger partial charge in [-0.1, -0.05) is 29.8 Å². The van der Waals surface area contributed by atoms with Gasteiger partial charge < -0.3 is 20.1 Å². The molecule has 0 aliphatic heterocycles. The number of anilines is 1. The van der Waals surface area contributed by atoms with Gasteiger partial charge in [0.1, 0.15) is 5.75 Å². The van der Waals surface area contributed by atoms with Crippen LogP contribution in [0.3, 0.4) is 0 Å². The molecule has 10 heteroatoms. The Hall–Kier alpha value is -3.43. The van der Waals surface area contributed by atoms with E-state index in [0.717, 1.165) is 5.56 Å². The number of carbonyl (C=O) groups is 3. The standard InChI is InChI=1S/C21H23ClN4O5/c1-14-6-7-16(22)11-18(14)25-19(27)13-31-17-5-3-4-15(10-17)12-24-26-21(29)20(28)23-8-9-30-2/h3-7,10-12H,8-9,13H2,1-2H3,(H,23,28)(H,25,27)(H,26,29)/b24-12-. The number of amides is 3. The van der Waals surface area contributed by atoms with Gasteiger partial charge in [0.05, 0.1) is 12.8 Å². The summed E-state index contributed by atoms with van der Waals surface area (Å²) in [5.41, 5.74) is 4.22. The Kier molecular flexibility index (Phi) is 9.47. The normalized spacial score (nSPS) is 10.5. The summed E-state index contributed by atoms with van der Waals surface area (Å²) in [6, 6.07) is 11.9. The van der Waals surface area contributed by atoms with Gasteiger partial charge in [0.2, 0.25) is 0 Å². The molecule has 0 saturated heterocycles. The van der Waals surface area contributed by atoms with E-state index in [1.165, 1.54) is 13.3 Å². The van der Waals surface area contributed by atoms with Crippen LogP contribution in [0.1, 0.15) is 11.1 Å². The first kappa shape index (κ1) is 23.8. The summed E-state index contributed by atoms with van der Waals surface area (Å²) in [4.78, 5) is 35.3. The molecule has 164 valence electrons. The number of rotatable bonds is 9. The zero-order chi connectivity index (χ0) is 22.6. The van der Waals surface area contributed by atoms with Crippen molar-refractivity contribution in [2.45, 2.75) is 6.92 Å². The van der Waals surface area contributed by atoms with Crippen LogP contribution in [0, 0.1) is 6.92 Å². The van der Waals surface area contributed by atoms with Crippen molar-refractivity contribution in [1.82, 2.24) is 10.7 Å². The summed E-state index contributed by atoms with van der Waals surface area (Å²) in [5.74, 6) is -1.61. The molecule has 0 heterocycles. The Balaban J connectivity index is 1.84. The molecule has 3 amide bonds. The van der Waals surface area contributed by atoms with E-state index in [4.69, 9.17) is 21.1 Å². The van der Waals surface area contributed by atoms with Gasteiger partial charge in [0, 0.05) is 24.4 Å². The van der Waals surface area contributed by atoms with Gasteiger partial charge in [0.15, 0.2) is 6.61 Å². The summed E-state index contributed by atoms with van der Waals surface area (Å²) in [6.07, 6.45) is 1.35. The van der Waals surface area contributed by atoms with E-state index in [2.05, 4.69) is 21.2 Å². The number of benzene rings is 2. The van der Waals surface area contributed by atoms with Crippen LogP contribution in [0.5, 0.6) is 5.75 Å². The number of hydrogen-bond acceptors (Lipinski definition) is 6. The Morgan fingerprint density at radius 1 is 1.13 bits per heavy atom. The Bertz CT molecular complexity index is 965. The van der Waals surface area contributed by atoms with E-state index in [1.54, 1.807) is 36.4 Å². The molecular formula is C21H23ClN4O5. The zero-order valence-corrected chi connectivity index (χ0v) is 17.9. The quantitative estimate of drug-likeness (QED) is 0.235. The molecule has 0 radical (unpaired) electrons. The first-order chi connectivity index (χ1) is 14.9. The number of aryl methyl sites for hydroxylation is 1. The number of nitrogens with zero attached hydrogens (tertiary/aromatic N) is 1. The SMILES string of the molecule is COCCNC(=O)C(=O)N/N=C\c1cccc(OCC(=O)Nc2cc(Cl)ccc2C)c1. The topological polar surface area (TPSA) is 118 Å². The maximum Gasteiger partial charge on any atom is 0.329 e. The Labute approximate surface area is 184 Å².